The Balaban J connectivity index is 1.30. The third kappa shape index (κ3) is 5.10. The first kappa shape index (κ1) is 23.6. The molecule has 1 saturated heterocycles. The first-order valence-corrected chi connectivity index (χ1v) is 12.2. The van der Waals surface area contributed by atoms with Gasteiger partial charge in [0.15, 0.2) is 0 Å². The lowest BCUT2D eigenvalue weighted by Crippen LogP contribution is -2.40. The normalized spacial score (nSPS) is 17.8. The summed E-state index contributed by atoms with van der Waals surface area (Å²) in [7, 11) is 1.56. The molecule has 2 aliphatic heterocycles. The van der Waals surface area contributed by atoms with Crippen molar-refractivity contribution in [2.75, 3.05) is 35.7 Å². The van der Waals surface area contributed by atoms with Crippen LogP contribution in [0.2, 0.25) is 0 Å². The summed E-state index contributed by atoms with van der Waals surface area (Å²) in [6.45, 7) is 1.52. The standard InChI is InChI=1S/C27H29N5O4/c1-36-20-9-7-19(8-10-20)28-25(34)21-16-22(33)29-24-23(21)26(35)31-27(30-24)32-13-11-18(12-14-32)15-17-5-3-2-4-6-17/h2-10,18,21H,11-16H2,1H3,(H,28,34)(H2,29,30,31,33,35). The van der Waals surface area contributed by atoms with Crippen molar-refractivity contribution < 1.29 is 14.3 Å². The van der Waals surface area contributed by atoms with Crippen LogP contribution in [0.15, 0.2) is 59.4 Å². The minimum atomic E-state index is -0.933. The van der Waals surface area contributed by atoms with Crippen molar-refractivity contribution in [1.82, 2.24) is 9.97 Å². The summed E-state index contributed by atoms with van der Waals surface area (Å²) in [6, 6.07) is 17.3. The maximum Gasteiger partial charge on any atom is 0.258 e. The van der Waals surface area contributed by atoms with E-state index in [9.17, 15) is 14.4 Å². The average Bonchev–Trinajstić information content (AvgIpc) is 2.89. The molecule has 9 heteroatoms. The lowest BCUT2D eigenvalue weighted by Gasteiger charge is -2.33. The molecule has 0 saturated carbocycles. The number of benzene rings is 2. The minimum Gasteiger partial charge on any atom is -0.497 e. The molecule has 0 spiro atoms. The van der Waals surface area contributed by atoms with Gasteiger partial charge in [0.05, 0.1) is 18.6 Å². The molecule has 1 fully saturated rings. The van der Waals surface area contributed by atoms with Gasteiger partial charge >= 0.3 is 0 Å². The molecule has 36 heavy (non-hydrogen) atoms. The molecule has 2 amide bonds. The Morgan fingerprint density at radius 1 is 1.08 bits per heavy atom. The Labute approximate surface area is 208 Å². The van der Waals surface area contributed by atoms with E-state index in [1.807, 2.05) is 11.0 Å². The van der Waals surface area contributed by atoms with Crippen LogP contribution < -0.4 is 25.8 Å². The van der Waals surface area contributed by atoms with E-state index < -0.39 is 17.4 Å². The first-order chi connectivity index (χ1) is 17.5. The number of nitrogens with one attached hydrogen (secondary N) is 3. The summed E-state index contributed by atoms with van der Waals surface area (Å²) >= 11 is 0. The zero-order valence-corrected chi connectivity index (χ0v) is 20.1. The van der Waals surface area contributed by atoms with Crippen molar-refractivity contribution >= 4 is 29.3 Å². The molecule has 9 nitrogen and oxygen atoms in total. The van der Waals surface area contributed by atoms with E-state index in [0.717, 1.165) is 32.4 Å². The first-order valence-electron chi connectivity index (χ1n) is 12.2. The minimum absolute atomic E-state index is 0.121. The van der Waals surface area contributed by atoms with E-state index in [2.05, 4.69) is 44.9 Å². The van der Waals surface area contributed by atoms with Gasteiger partial charge in [-0.1, -0.05) is 30.3 Å². The summed E-state index contributed by atoms with van der Waals surface area (Å²) in [5.41, 5.74) is 1.66. The van der Waals surface area contributed by atoms with Crippen molar-refractivity contribution in [2.24, 2.45) is 5.92 Å². The number of hydrogen-bond donors (Lipinski definition) is 3. The number of rotatable bonds is 6. The SMILES string of the molecule is COc1ccc(NC(=O)C2CC(=O)Nc3nc(N4CCC(Cc5ccccc5)CC4)[nH]c(=O)c32)cc1. The molecule has 0 radical (unpaired) electrons. The molecular weight excluding hydrogens is 458 g/mol. The van der Waals surface area contributed by atoms with Crippen LogP contribution in [-0.4, -0.2) is 42.0 Å². The zero-order chi connectivity index (χ0) is 25.1. The molecule has 1 aromatic heterocycles. The zero-order valence-electron chi connectivity index (χ0n) is 20.1. The van der Waals surface area contributed by atoms with Gasteiger partial charge in [-0.3, -0.25) is 19.4 Å². The molecule has 186 valence electrons. The van der Waals surface area contributed by atoms with E-state index in [1.165, 1.54) is 5.56 Å². The fourth-order valence-electron chi connectivity index (χ4n) is 4.93. The Morgan fingerprint density at radius 2 is 1.81 bits per heavy atom. The monoisotopic (exact) mass is 487 g/mol. The van der Waals surface area contributed by atoms with Crippen LogP contribution in [0.1, 0.15) is 36.3 Å². The third-order valence-electron chi connectivity index (χ3n) is 6.89. The van der Waals surface area contributed by atoms with Crippen molar-refractivity contribution in [3.63, 3.8) is 0 Å². The molecule has 3 heterocycles. The predicted molar refractivity (Wildman–Crippen MR) is 138 cm³/mol. The van der Waals surface area contributed by atoms with Gasteiger partial charge < -0.3 is 20.3 Å². The maximum absolute atomic E-state index is 13.1. The second-order valence-corrected chi connectivity index (χ2v) is 9.29. The number of carbonyl (C=O) groups excluding carboxylic acids is 2. The van der Waals surface area contributed by atoms with Gasteiger partial charge in [-0.2, -0.15) is 4.98 Å². The highest BCUT2D eigenvalue weighted by Gasteiger charge is 2.35. The van der Waals surface area contributed by atoms with Crippen LogP contribution >= 0.6 is 0 Å². The van der Waals surface area contributed by atoms with Crippen LogP contribution in [0.4, 0.5) is 17.5 Å². The number of piperidine rings is 1. The van der Waals surface area contributed by atoms with Gasteiger partial charge in [-0.05, 0) is 55.0 Å². The lowest BCUT2D eigenvalue weighted by molar-refractivity contribution is -0.123. The van der Waals surface area contributed by atoms with Crippen molar-refractivity contribution in [3.8, 4) is 5.75 Å². The second kappa shape index (κ2) is 10.2. The van der Waals surface area contributed by atoms with Gasteiger partial charge in [0.1, 0.15) is 11.6 Å². The highest BCUT2D eigenvalue weighted by Crippen LogP contribution is 2.31. The van der Waals surface area contributed by atoms with Gasteiger partial charge in [-0.25, -0.2) is 0 Å². The number of anilines is 3. The summed E-state index contributed by atoms with van der Waals surface area (Å²) in [5.74, 6) is 0.102. The molecule has 0 bridgehead atoms. The topological polar surface area (TPSA) is 116 Å². The number of nitrogens with zero attached hydrogens (tertiary/aromatic N) is 2. The Bertz CT molecular complexity index is 1300. The largest absolute Gasteiger partial charge is 0.497 e. The molecule has 3 aromatic rings. The van der Waals surface area contributed by atoms with Crippen LogP contribution in [0.3, 0.4) is 0 Å². The molecule has 1 unspecified atom stereocenters. The van der Waals surface area contributed by atoms with Crippen molar-refractivity contribution in [2.45, 2.75) is 31.6 Å². The third-order valence-corrected chi connectivity index (χ3v) is 6.89. The Morgan fingerprint density at radius 3 is 2.50 bits per heavy atom. The van der Waals surface area contributed by atoms with Crippen LogP contribution in [0.5, 0.6) is 5.75 Å². The highest BCUT2D eigenvalue weighted by atomic mass is 16.5. The number of ether oxygens (including phenoxy) is 1. The molecular formula is C27H29N5O4. The molecule has 0 aliphatic carbocycles. The van der Waals surface area contributed by atoms with E-state index in [-0.39, 0.29) is 23.7 Å². The number of amides is 2. The van der Waals surface area contributed by atoms with E-state index in [0.29, 0.717) is 23.3 Å². The number of methoxy groups -OCH3 is 1. The van der Waals surface area contributed by atoms with E-state index in [1.54, 1.807) is 31.4 Å². The van der Waals surface area contributed by atoms with E-state index >= 15 is 0 Å². The summed E-state index contributed by atoms with van der Waals surface area (Å²) < 4.78 is 5.14. The predicted octanol–water partition coefficient (Wildman–Crippen LogP) is 3.30. The molecule has 3 N–H and O–H groups in total. The smallest absolute Gasteiger partial charge is 0.258 e. The lowest BCUT2D eigenvalue weighted by atomic mass is 9.90. The number of hydrogen-bond acceptors (Lipinski definition) is 6. The summed E-state index contributed by atoms with van der Waals surface area (Å²) in [6.07, 6.45) is 2.87. The number of aromatic amines is 1. The van der Waals surface area contributed by atoms with Crippen LogP contribution in [-0.2, 0) is 16.0 Å². The summed E-state index contributed by atoms with van der Waals surface area (Å²) in [5, 5.41) is 5.48. The van der Waals surface area contributed by atoms with Gasteiger partial charge in [0.25, 0.3) is 5.56 Å². The van der Waals surface area contributed by atoms with Crippen molar-refractivity contribution in [1.29, 1.82) is 0 Å². The molecule has 1 atom stereocenters. The van der Waals surface area contributed by atoms with E-state index in [4.69, 9.17) is 4.74 Å². The fourth-order valence-corrected chi connectivity index (χ4v) is 4.93. The van der Waals surface area contributed by atoms with Gasteiger partial charge in [-0.15, -0.1) is 0 Å². The number of carbonyl (C=O) groups is 2. The number of fused-ring (bicyclic) bond motifs is 1. The second-order valence-electron chi connectivity index (χ2n) is 9.29. The molecule has 5 rings (SSSR count). The van der Waals surface area contributed by atoms with Crippen LogP contribution in [0, 0.1) is 5.92 Å². The summed E-state index contributed by atoms with van der Waals surface area (Å²) in [4.78, 5) is 48.0. The van der Waals surface area contributed by atoms with Crippen molar-refractivity contribution in [3.05, 3.63) is 76.1 Å². The van der Waals surface area contributed by atoms with Gasteiger partial charge in [0, 0.05) is 25.2 Å². The number of aromatic nitrogens is 2. The van der Waals surface area contributed by atoms with Crippen LogP contribution in [0.25, 0.3) is 0 Å². The quantitative estimate of drug-likeness (QED) is 0.491. The molecule has 2 aliphatic rings. The number of H-pyrrole nitrogens is 1. The van der Waals surface area contributed by atoms with Gasteiger partial charge in [0.2, 0.25) is 17.8 Å². The Hall–Kier alpha value is -4.14. The Kier molecular flexibility index (Phi) is 6.71. The maximum atomic E-state index is 13.1. The average molecular weight is 488 g/mol. The highest BCUT2D eigenvalue weighted by molar-refractivity contribution is 6.04. The fraction of sp³-hybridized carbons (Fsp3) is 0.333. The molecule has 2 aromatic carbocycles.